The lowest BCUT2D eigenvalue weighted by molar-refractivity contribution is 0.0621. The van der Waals surface area contributed by atoms with Crippen LogP contribution in [0.1, 0.15) is 50.0 Å². The Morgan fingerprint density at radius 2 is 2.05 bits per heavy atom. The van der Waals surface area contributed by atoms with Crippen LogP contribution >= 0.6 is 0 Å². The van der Waals surface area contributed by atoms with Crippen molar-refractivity contribution in [1.29, 1.82) is 0 Å². The Labute approximate surface area is 128 Å². The summed E-state index contributed by atoms with van der Waals surface area (Å²) in [5.41, 5.74) is -0.728. The van der Waals surface area contributed by atoms with Crippen LogP contribution in [0.5, 0.6) is 0 Å². The number of aromatic nitrogens is 2. The van der Waals surface area contributed by atoms with Gasteiger partial charge in [0.25, 0.3) is 0 Å². The number of anilines is 1. The highest BCUT2D eigenvalue weighted by Crippen LogP contribution is 2.27. The lowest BCUT2D eigenvalue weighted by Gasteiger charge is -2.25. The quantitative estimate of drug-likeness (QED) is 0.887. The summed E-state index contributed by atoms with van der Waals surface area (Å²) in [5, 5.41) is 15.9. The predicted octanol–water partition coefficient (Wildman–Crippen LogP) is 2.28. The number of carbonyl (C=O) groups is 2. The molecule has 0 radical (unpaired) electrons. The summed E-state index contributed by atoms with van der Waals surface area (Å²) in [6.07, 6.45) is 1.96. The molecular formula is C14H21N3O5. The van der Waals surface area contributed by atoms with Gasteiger partial charge in [0.1, 0.15) is 17.0 Å². The number of amides is 1. The molecule has 1 aromatic heterocycles. The number of nitrogens with zero attached hydrogens (tertiary/aromatic N) is 2. The molecular weight excluding hydrogens is 290 g/mol. The van der Waals surface area contributed by atoms with Crippen molar-refractivity contribution in [3.05, 3.63) is 11.8 Å². The molecule has 2 N–H and O–H groups in total. The van der Waals surface area contributed by atoms with Gasteiger partial charge in [0.05, 0.1) is 12.2 Å². The van der Waals surface area contributed by atoms with Crippen LogP contribution in [0.25, 0.3) is 0 Å². The molecule has 1 fully saturated rings. The molecule has 0 spiro atoms. The van der Waals surface area contributed by atoms with Crippen LogP contribution in [-0.4, -0.2) is 45.8 Å². The lowest BCUT2D eigenvalue weighted by atomic mass is 10.1. The fourth-order valence-electron chi connectivity index (χ4n) is 2.25. The van der Waals surface area contributed by atoms with Gasteiger partial charge in [-0.15, -0.1) is 0 Å². The van der Waals surface area contributed by atoms with Gasteiger partial charge in [0.2, 0.25) is 0 Å². The first kappa shape index (κ1) is 16.3. The maximum atomic E-state index is 11.9. The Morgan fingerprint density at radius 1 is 1.41 bits per heavy atom. The molecule has 0 bridgehead atoms. The van der Waals surface area contributed by atoms with Crippen LogP contribution in [0.15, 0.2) is 6.20 Å². The van der Waals surface area contributed by atoms with Gasteiger partial charge in [-0.2, -0.15) is 5.10 Å². The number of nitrogens with one attached hydrogen (secondary N) is 1. The van der Waals surface area contributed by atoms with E-state index in [2.05, 4.69) is 10.4 Å². The molecule has 1 saturated heterocycles. The van der Waals surface area contributed by atoms with Crippen molar-refractivity contribution in [2.45, 2.75) is 45.3 Å². The minimum atomic E-state index is -1.15. The molecule has 1 aliphatic rings. The molecule has 0 atom stereocenters. The van der Waals surface area contributed by atoms with E-state index >= 15 is 0 Å². The van der Waals surface area contributed by atoms with Crippen LogP contribution in [0, 0.1) is 0 Å². The number of hydrogen-bond donors (Lipinski definition) is 2. The molecule has 22 heavy (non-hydrogen) atoms. The number of ether oxygens (including phenoxy) is 2. The summed E-state index contributed by atoms with van der Waals surface area (Å²) in [6, 6.07) is -0.00760. The topological polar surface area (TPSA) is 103 Å². The highest BCUT2D eigenvalue weighted by molar-refractivity contribution is 5.97. The molecule has 1 amide bonds. The molecule has 122 valence electrons. The van der Waals surface area contributed by atoms with Gasteiger partial charge < -0.3 is 14.6 Å². The van der Waals surface area contributed by atoms with Gasteiger partial charge in [0.15, 0.2) is 0 Å². The molecule has 0 unspecified atom stereocenters. The van der Waals surface area contributed by atoms with Crippen molar-refractivity contribution in [3.63, 3.8) is 0 Å². The van der Waals surface area contributed by atoms with Gasteiger partial charge in [-0.05, 0) is 33.6 Å². The lowest BCUT2D eigenvalue weighted by Crippen LogP contribution is -2.29. The summed E-state index contributed by atoms with van der Waals surface area (Å²) in [7, 11) is 0. The summed E-state index contributed by atoms with van der Waals surface area (Å²) in [5.74, 6) is -1.00. The SMILES string of the molecule is CC(C)(C)OC(=O)Nc1c(C(=O)O)cnn1C1CCOCC1. The fourth-order valence-corrected chi connectivity index (χ4v) is 2.25. The molecule has 1 aromatic rings. The van der Waals surface area contributed by atoms with E-state index in [0.29, 0.717) is 26.1 Å². The zero-order chi connectivity index (χ0) is 16.3. The molecule has 0 saturated carbocycles. The molecule has 0 aromatic carbocycles. The fraction of sp³-hybridized carbons (Fsp3) is 0.643. The largest absolute Gasteiger partial charge is 0.477 e. The third kappa shape index (κ3) is 3.97. The number of carbonyl (C=O) groups excluding carboxylic acids is 1. The van der Waals surface area contributed by atoms with Crippen LogP contribution in [0.4, 0.5) is 10.6 Å². The van der Waals surface area contributed by atoms with E-state index in [1.807, 2.05) is 0 Å². The van der Waals surface area contributed by atoms with Crippen molar-refractivity contribution >= 4 is 17.9 Å². The number of carboxylic acids is 1. The summed E-state index contributed by atoms with van der Waals surface area (Å²) in [4.78, 5) is 23.3. The minimum Gasteiger partial charge on any atom is -0.477 e. The third-order valence-electron chi connectivity index (χ3n) is 3.18. The maximum absolute atomic E-state index is 11.9. The Balaban J connectivity index is 2.24. The van der Waals surface area contributed by atoms with Crippen molar-refractivity contribution in [2.75, 3.05) is 18.5 Å². The first-order chi connectivity index (χ1) is 10.3. The zero-order valence-electron chi connectivity index (χ0n) is 13.0. The van der Waals surface area contributed by atoms with E-state index in [1.54, 1.807) is 20.8 Å². The van der Waals surface area contributed by atoms with Gasteiger partial charge >= 0.3 is 12.1 Å². The summed E-state index contributed by atoms with van der Waals surface area (Å²) in [6.45, 7) is 6.37. The average Bonchev–Trinajstić information content (AvgIpc) is 2.81. The molecule has 8 nitrogen and oxygen atoms in total. The van der Waals surface area contributed by atoms with Crippen LogP contribution < -0.4 is 5.32 Å². The van der Waals surface area contributed by atoms with Gasteiger partial charge in [-0.3, -0.25) is 5.32 Å². The summed E-state index contributed by atoms with van der Waals surface area (Å²) < 4.78 is 12.0. The van der Waals surface area contributed by atoms with E-state index in [9.17, 15) is 14.7 Å². The normalized spacial score (nSPS) is 16.3. The Morgan fingerprint density at radius 3 is 2.59 bits per heavy atom. The molecule has 2 heterocycles. The first-order valence-corrected chi connectivity index (χ1v) is 7.16. The van der Waals surface area contributed by atoms with Crippen LogP contribution in [-0.2, 0) is 9.47 Å². The molecule has 2 rings (SSSR count). The highest BCUT2D eigenvalue weighted by Gasteiger charge is 2.26. The second kappa shape index (κ2) is 6.35. The third-order valence-corrected chi connectivity index (χ3v) is 3.18. The summed E-state index contributed by atoms with van der Waals surface area (Å²) >= 11 is 0. The first-order valence-electron chi connectivity index (χ1n) is 7.16. The van der Waals surface area contributed by atoms with Crippen molar-refractivity contribution in [1.82, 2.24) is 9.78 Å². The predicted molar refractivity (Wildman–Crippen MR) is 78.1 cm³/mol. The minimum absolute atomic E-state index is 0.00760. The van der Waals surface area contributed by atoms with Gasteiger partial charge in [0, 0.05) is 13.2 Å². The van der Waals surface area contributed by atoms with Crippen molar-refractivity contribution in [3.8, 4) is 0 Å². The Hall–Kier alpha value is -2.09. The second-order valence-corrected chi connectivity index (χ2v) is 6.13. The number of carboxylic acid groups (broad SMARTS) is 1. The van der Waals surface area contributed by atoms with Crippen LogP contribution in [0.3, 0.4) is 0 Å². The molecule has 1 aliphatic heterocycles. The van der Waals surface area contributed by atoms with E-state index < -0.39 is 17.7 Å². The van der Waals surface area contributed by atoms with Gasteiger partial charge in [-0.25, -0.2) is 14.3 Å². The van der Waals surface area contributed by atoms with Gasteiger partial charge in [-0.1, -0.05) is 0 Å². The second-order valence-electron chi connectivity index (χ2n) is 6.13. The number of aromatic carboxylic acids is 1. The zero-order valence-corrected chi connectivity index (χ0v) is 13.0. The monoisotopic (exact) mass is 311 g/mol. The van der Waals surface area contributed by atoms with E-state index in [4.69, 9.17) is 9.47 Å². The highest BCUT2D eigenvalue weighted by atomic mass is 16.6. The number of rotatable bonds is 3. The smallest absolute Gasteiger partial charge is 0.413 e. The van der Waals surface area contributed by atoms with Crippen LogP contribution in [0.2, 0.25) is 0 Å². The number of hydrogen-bond acceptors (Lipinski definition) is 5. The molecule has 0 aliphatic carbocycles. The molecule has 8 heteroatoms. The van der Waals surface area contributed by atoms with Crippen molar-refractivity contribution < 1.29 is 24.2 Å². The standard InChI is InChI=1S/C14H21N3O5/c1-14(2,3)22-13(20)16-11-10(12(18)19)8-15-17(11)9-4-6-21-7-5-9/h8-9H,4-7H2,1-3H3,(H,16,20)(H,18,19). The Bertz CT molecular complexity index is 555. The van der Waals surface area contributed by atoms with E-state index in [-0.39, 0.29) is 17.4 Å². The maximum Gasteiger partial charge on any atom is 0.413 e. The van der Waals surface area contributed by atoms with E-state index in [0.717, 1.165) is 0 Å². The van der Waals surface area contributed by atoms with E-state index in [1.165, 1.54) is 10.9 Å². The van der Waals surface area contributed by atoms with Crippen molar-refractivity contribution in [2.24, 2.45) is 0 Å². The Kier molecular flexibility index (Phi) is 4.70. The average molecular weight is 311 g/mol.